The monoisotopic (exact) mass is 306 g/mol. The number of aliphatic hydroxyl groups excluding tert-OH is 1. The molecule has 1 saturated heterocycles. The van der Waals surface area contributed by atoms with Gasteiger partial charge in [-0.3, -0.25) is 9.80 Å². The summed E-state index contributed by atoms with van der Waals surface area (Å²) in [5, 5.41) is 13.4. The molecule has 0 saturated carbocycles. The summed E-state index contributed by atoms with van der Waals surface area (Å²) < 4.78 is 5.52. The first-order chi connectivity index (χ1) is 10.6. The summed E-state index contributed by atoms with van der Waals surface area (Å²) in [7, 11) is 0. The molecule has 122 valence electrons. The van der Waals surface area contributed by atoms with Crippen molar-refractivity contribution in [3.63, 3.8) is 0 Å². The summed E-state index contributed by atoms with van der Waals surface area (Å²) in [6.07, 6.45) is 1.80. The van der Waals surface area contributed by atoms with Crippen LogP contribution in [0, 0.1) is 0 Å². The van der Waals surface area contributed by atoms with E-state index >= 15 is 0 Å². The number of rotatable bonds is 7. The van der Waals surface area contributed by atoms with E-state index in [1.54, 1.807) is 6.92 Å². The zero-order chi connectivity index (χ0) is 15.9. The number of hydrogen-bond donors (Lipinski definition) is 1. The number of ether oxygens (including phenoxy) is 1. The van der Waals surface area contributed by atoms with E-state index in [1.807, 2.05) is 36.2 Å². The molecule has 5 nitrogen and oxygen atoms in total. The summed E-state index contributed by atoms with van der Waals surface area (Å²) in [5.41, 5.74) is 1.06. The lowest BCUT2D eigenvalue weighted by molar-refractivity contribution is -0.158. The second-order valence-corrected chi connectivity index (χ2v) is 5.73. The molecule has 0 radical (unpaired) electrons. The lowest BCUT2D eigenvalue weighted by atomic mass is 10.1. The maximum absolute atomic E-state index is 12.3. The van der Waals surface area contributed by atoms with Crippen LogP contribution in [0.15, 0.2) is 24.3 Å². The van der Waals surface area contributed by atoms with Gasteiger partial charge < -0.3 is 9.84 Å². The van der Waals surface area contributed by atoms with Crippen LogP contribution in [0.4, 0.5) is 0 Å². The number of carbonyl (C=O) groups excluding carboxylic acids is 1. The molecule has 2 rings (SSSR count). The Kier molecular flexibility index (Phi) is 6.21. The van der Waals surface area contributed by atoms with Crippen molar-refractivity contribution in [2.45, 2.75) is 45.8 Å². The van der Waals surface area contributed by atoms with Crippen LogP contribution in [0.25, 0.3) is 0 Å². The molecule has 1 aromatic carbocycles. The number of amides is 1. The first-order valence-corrected chi connectivity index (χ1v) is 8.05. The molecule has 1 aliphatic heterocycles. The number of carbonyl (C=O) groups is 1. The zero-order valence-electron chi connectivity index (χ0n) is 13.5. The number of benzene rings is 1. The Labute approximate surface area is 132 Å². The van der Waals surface area contributed by atoms with Crippen molar-refractivity contribution in [3.05, 3.63) is 29.8 Å². The first-order valence-electron chi connectivity index (χ1n) is 8.05. The molecule has 0 spiro atoms. The molecule has 1 aromatic rings. The highest BCUT2D eigenvalue weighted by Gasteiger charge is 2.26. The predicted molar refractivity (Wildman–Crippen MR) is 85.3 cm³/mol. The lowest BCUT2D eigenvalue weighted by Crippen LogP contribution is -2.50. The third kappa shape index (κ3) is 4.71. The van der Waals surface area contributed by atoms with Gasteiger partial charge in [0.05, 0.1) is 19.3 Å². The van der Waals surface area contributed by atoms with E-state index in [0.717, 1.165) is 24.3 Å². The van der Waals surface area contributed by atoms with Gasteiger partial charge in [-0.1, -0.05) is 12.1 Å². The Bertz CT molecular complexity index is 491. The molecule has 5 heteroatoms. The van der Waals surface area contributed by atoms with E-state index in [4.69, 9.17) is 4.74 Å². The fourth-order valence-corrected chi connectivity index (χ4v) is 2.65. The highest BCUT2D eigenvalue weighted by atomic mass is 16.5. The second kappa shape index (κ2) is 8.15. The molecule has 1 aliphatic rings. The molecule has 0 bridgehead atoms. The second-order valence-electron chi connectivity index (χ2n) is 5.73. The van der Waals surface area contributed by atoms with E-state index in [9.17, 15) is 9.90 Å². The van der Waals surface area contributed by atoms with Crippen LogP contribution in [-0.4, -0.2) is 46.8 Å². The van der Waals surface area contributed by atoms with Gasteiger partial charge in [0, 0.05) is 19.5 Å². The Hall–Kier alpha value is -1.59. The van der Waals surface area contributed by atoms with Crippen molar-refractivity contribution in [1.29, 1.82) is 0 Å². The summed E-state index contributed by atoms with van der Waals surface area (Å²) in [5.74, 6) is 0.985. The average Bonchev–Trinajstić information content (AvgIpc) is 2.48. The molecule has 1 unspecified atom stereocenters. The van der Waals surface area contributed by atoms with Crippen LogP contribution in [0.5, 0.6) is 5.75 Å². The fourth-order valence-electron chi connectivity index (χ4n) is 2.65. The SMILES string of the molecule is CCOc1cccc(CN2C(=O)CCCN2CCC(C)O)c1. The predicted octanol–water partition coefficient (Wildman–Crippen LogP) is 2.20. The van der Waals surface area contributed by atoms with Gasteiger partial charge in [0.25, 0.3) is 0 Å². The van der Waals surface area contributed by atoms with Crippen molar-refractivity contribution in [3.8, 4) is 5.75 Å². The summed E-state index contributed by atoms with van der Waals surface area (Å²) in [6, 6.07) is 7.88. The van der Waals surface area contributed by atoms with Gasteiger partial charge in [-0.25, -0.2) is 5.01 Å². The smallest absolute Gasteiger partial charge is 0.237 e. The van der Waals surface area contributed by atoms with Crippen LogP contribution >= 0.6 is 0 Å². The Morgan fingerprint density at radius 1 is 1.41 bits per heavy atom. The number of aliphatic hydroxyl groups is 1. The zero-order valence-corrected chi connectivity index (χ0v) is 13.5. The highest BCUT2D eigenvalue weighted by Crippen LogP contribution is 2.20. The van der Waals surface area contributed by atoms with Crippen molar-refractivity contribution < 1.29 is 14.6 Å². The number of hydrogen-bond acceptors (Lipinski definition) is 4. The molecule has 22 heavy (non-hydrogen) atoms. The van der Waals surface area contributed by atoms with Gasteiger partial charge in [-0.2, -0.15) is 0 Å². The maximum Gasteiger partial charge on any atom is 0.237 e. The topological polar surface area (TPSA) is 53.0 Å². The molecule has 0 aromatic heterocycles. The maximum atomic E-state index is 12.3. The molecular formula is C17H26N2O3. The largest absolute Gasteiger partial charge is 0.494 e. The van der Waals surface area contributed by atoms with Crippen LogP contribution in [-0.2, 0) is 11.3 Å². The van der Waals surface area contributed by atoms with Crippen molar-refractivity contribution in [2.75, 3.05) is 19.7 Å². The lowest BCUT2D eigenvalue weighted by Gasteiger charge is -2.39. The normalized spacial score (nSPS) is 17.6. The third-order valence-corrected chi connectivity index (χ3v) is 3.78. The third-order valence-electron chi connectivity index (χ3n) is 3.78. The van der Waals surface area contributed by atoms with E-state index in [-0.39, 0.29) is 12.0 Å². The average molecular weight is 306 g/mol. The minimum absolute atomic E-state index is 0.152. The van der Waals surface area contributed by atoms with Gasteiger partial charge in [-0.15, -0.1) is 0 Å². The summed E-state index contributed by atoms with van der Waals surface area (Å²) >= 11 is 0. The summed E-state index contributed by atoms with van der Waals surface area (Å²) in [6.45, 7) is 6.49. The van der Waals surface area contributed by atoms with Gasteiger partial charge in [0.15, 0.2) is 0 Å². The Balaban J connectivity index is 2.05. The minimum Gasteiger partial charge on any atom is -0.494 e. The molecule has 1 atom stereocenters. The Morgan fingerprint density at radius 2 is 2.23 bits per heavy atom. The van der Waals surface area contributed by atoms with E-state index in [2.05, 4.69) is 5.01 Å². The van der Waals surface area contributed by atoms with Gasteiger partial charge >= 0.3 is 0 Å². The standard InChI is InChI=1S/C17H26N2O3/c1-3-22-16-7-4-6-15(12-16)13-19-17(21)8-5-10-18(19)11-9-14(2)20/h4,6-7,12,14,20H,3,5,8-11,13H2,1-2H3. The summed E-state index contributed by atoms with van der Waals surface area (Å²) in [4.78, 5) is 12.3. The molecule has 1 N–H and O–H groups in total. The molecule has 0 aliphatic carbocycles. The quantitative estimate of drug-likeness (QED) is 0.839. The number of hydrazine groups is 1. The minimum atomic E-state index is -0.347. The van der Waals surface area contributed by atoms with Crippen LogP contribution in [0.3, 0.4) is 0 Å². The number of nitrogens with zero attached hydrogens (tertiary/aromatic N) is 2. The van der Waals surface area contributed by atoms with Crippen molar-refractivity contribution in [2.24, 2.45) is 0 Å². The van der Waals surface area contributed by atoms with Crippen LogP contribution in [0.2, 0.25) is 0 Å². The van der Waals surface area contributed by atoms with E-state index < -0.39 is 0 Å². The first kappa shape index (κ1) is 16.8. The van der Waals surface area contributed by atoms with Crippen LogP contribution < -0.4 is 4.74 Å². The van der Waals surface area contributed by atoms with Gasteiger partial charge in [0.1, 0.15) is 5.75 Å². The van der Waals surface area contributed by atoms with Crippen LogP contribution in [0.1, 0.15) is 38.7 Å². The molecule has 1 amide bonds. The Morgan fingerprint density at radius 3 is 2.95 bits per heavy atom. The van der Waals surface area contributed by atoms with Crippen molar-refractivity contribution >= 4 is 5.91 Å². The fraction of sp³-hybridized carbons (Fsp3) is 0.588. The van der Waals surface area contributed by atoms with E-state index in [1.165, 1.54) is 0 Å². The van der Waals surface area contributed by atoms with Gasteiger partial charge in [0.2, 0.25) is 5.91 Å². The van der Waals surface area contributed by atoms with E-state index in [0.29, 0.717) is 32.5 Å². The molecular weight excluding hydrogens is 280 g/mol. The van der Waals surface area contributed by atoms with Crippen molar-refractivity contribution in [1.82, 2.24) is 10.0 Å². The molecule has 1 fully saturated rings. The van der Waals surface area contributed by atoms with Gasteiger partial charge in [-0.05, 0) is 44.4 Å². The molecule has 1 heterocycles. The highest BCUT2D eigenvalue weighted by molar-refractivity contribution is 5.76.